The molecule has 0 radical (unpaired) electrons. The lowest BCUT2D eigenvalue weighted by Crippen LogP contribution is -2.36. The number of rotatable bonds is 5. The van der Waals surface area contributed by atoms with Gasteiger partial charge in [0.05, 0.1) is 19.3 Å². The summed E-state index contributed by atoms with van der Waals surface area (Å²) in [7, 11) is 1.64. The minimum absolute atomic E-state index is 0.0469. The fourth-order valence-corrected chi connectivity index (χ4v) is 4.52. The molecule has 2 aliphatic rings. The average molecular weight is 418 g/mol. The van der Waals surface area contributed by atoms with Crippen LogP contribution in [0, 0.1) is 0 Å². The quantitative estimate of drug-likeness (QED) is 0.739. The third-order valence-electron chi connectivity index (χ3n) is 5.95. The van der Waals surface area contributed by atoms with E-state index in [4.69, 9.17) is 9.47 Å². The maximum absolute atomic E-state index is 13.4. The number of allylic oxidation sites excluding steroid dienone is 3. The molecule has 0 saturated carbocycles. The van der Waals surface area contributed by atoms with Crippen molar-refractivity contribution < 1.29 is 19.1 Å². The van der Waals surface area contributed by atoms with Gasteiger partial charge < -0.3 is 14.8 Å². The number of nitrogens with zero attached hydrogens (tertiary/aromatic N) is 1. The minimum atomic E-state index is -0.456. The van der Waals surface area contributed by atoms with Crippen LogP contribution in [0.1, 0.15) is 49.7 Å². The molecule has 0 fully saturated rings. The smallest absolute Gasteiger partial charge is 0.336 e. The van der Waals surface area contributed by atoms with Gasteiger partial charge in [-0.25, -0.2) is 4.79 Å². The van der Waals surface area contributed by atoms with Gasteiger partial charge in [0, 0.05) is 41.7 Å². The number of carbonyl (C=O) groups excluding carboxylic acids is 2. The number of dihydropyridines is 1. The maximum atomic E-state index is 13.4. The van der Waals surface area contributed by atoms with Gasteiger partial charge in [0.2, 0.25) is 0 Å². The summed E-state index contributed by atoms with van der Waals surface area (Å²) >= 11 is 0. The maximum Gasteiger partial charge on any atom is 0.336 e. The lowest BCUT2D eigenvalue weighted by atomic mass is 9.72. The van der Waals surface area contributed by atoms with Crippen LogP contribution in [0.15, 0.2) is 71.3 Å². The van der Waals surface area contributed by atoms with E-state index in [-0.39, 0.29) is 18.3 Å². The lowest BCUT2D eigenvalue weighted by molar-refractivity contribution is -0.138. The molecular formula is C25H26N2O4. The third kappa shape index (κ3) is 3.98. The summed E-state index contributed by atoms with van der Waals surface area (Å²) in [6, 6.07) is 11.6. The van der Waals surface area contributed by atoms with E-state index in [0.29, 0.717) is 24.0 Å². The number of methoxy groups -OCH3 is 1. The van der Waals surface area contributed by atoms with Crippen molar-refractivity contribution >= 4 is 11.8 Å². The van der Waals surface area contributed by atoms with Crippen LogP contribution < -0.4 is 10.1 Å². The second-order valence-corrected chi connectivity index (χ2v) is 7.79. The van der Waals surface area contributed by atoms with E-state index in [2.05, 4.69) is 10.3 Å². The highest BCUT2D eigenvalue weighted by Gasteiger charge is 2.41. The van der Waals surface area contributed by atoms with Crippen molar-refractivity contribution in [3.05, 3.63) is 82.5 Å². The van der Waals surface area contributed by atoms with E-state index in [9.17, 15) is 9.59 Å². The van der Waals surface area contributed by atoms with Crippen LogP contribution >= 0.6 is 0 Å². The number of aromatic nitrogens is 1. The van der Waals surface area contributed by atoms with Gasteiger partial charge in [-0.1, -0.05) is 12.1 Å². The minimum Gasteiger partial charge on any atom is -0.497 e. The summed E-state index contributed by atoms with van der Waals surface area (Å²) in [5.74, 6) is 0.0520. The van der Waals surface area contributed by atoms with Gasteiger partial charge in [-0.05, 0) is 61.6 Å². The molecular weight excluding hydrogens is 392 g/mol. The molecule has 0 saturated heterocycles. The summed E-state index contributed by atoms with van der Waals surface area (Å²) in [5, 5.41) is 3.36. The number of hydrogen-bond acceptors (Lipinski definition) is 6. The Morgan fingerprint density at radius 2 is 1.81 bits per heavy atom. The highest BCUT2D eigenvalue weighted by Crippen LogP contribution is 2.45. The van der Waals surface area contributed by atoms with Crippen molar-refractivity contribution in [2.24, 2.45) is 0 Å². The third-order valence-corrected chi connectivity index (χ3v) is 5.95. The number of Topliss-reactive ketones (excluding diaryl/α,β-unsaturated/α-hetero) is 1. The van der Waals surface area contributed by atoms with Gasteiger partial charge in [-0.3, -0.25) is 9.78 Å². The molecule has 1 N–H and O–H groups in total. The number of hydrogen-bond donors (Lipinski definition) is 1. The van der Waals surface area contributed by atoms with Crippen molar-refractivity contribution in [3.8, 4) is 5.75 Å². The van der Waals surface area contributed by atoms with Crippen molar-refractivity contribution in [1.29, 1.82) is 0 Å². The Balaban J connectivity index is 1.75. The largest absolute Gasteiger partial charge is 0.497 e. The van der Waals surface area contributed by atoms with Crippen LogP contribution in [0.3, 0.4) is 0 Å². The normalized spacial score (nSPS) is 20.8. The highest BCUT2D eigenvalue weighted by atomic mass is 16.5. The Bertz CT molecular complexity index is 1050. The van der Waals surface area contributed by atoms with Crippen LogP contribution in [0.5, 0.6) is 5.75 Å². The van der Waals surface area contributed by atoms with E-state index in [1.165, 1.54) is 0 Å². The molecule has 2 aromatic rings. The number of esters is 1. The summed E-state index contributed by atoms with van der Waals surface area (Å²) in [6.07, 6.45) is 4.46. The van der Waals surface area contributed by atoms with Crippen molar-refractivity contribution in [2.75, 3.05) is 13.7 Å². The van der Waals surface area contributed by atoms with E-state index < -0.39 is 11.9 Å². The predicted octanol–water partition coefficient (Wildman–Crippen LogP) is 4.01. The Labute approximate surface area is 182 Å². The standard InChI is InChI=1S/C25H26N2O4/c1-4-31-25(29)22-15(2)27-20-13-18(16-5-7-19(30-3)8-6-16)14-21(28)24(20)23(22)17-9-11-26-12-10-17/h5-12,18,23,27H,4,13-14H2,1-3H3. The molecule has 0 bridgehead atoms. The van der Waals surface area contributed by atoms with E-state index in [1.54, 1.807) is 26.4 Å². The van der Waals surface area contributed by atoms with Crippen LogP contribution in [0.2, 0.25) is 0 Å². The zero-order valence-electron chi connectivity index (χ0n) is 18.0. The zero-order valence-corrected chi connectivity index (χ0v) is 18.0. The van der Waals surface area contributed by atoms with Crippen LogP contribution in [0.25, 0.3) is 0 Å². The van der Waals surface area contributed by atoms with E-state index in [0.717, 1.165) is 28.3 Å². The molecule has 2 unspecified atom stereocenters. The topological polar surface area (TPSA) is 77.5 Å². The second-order valence-electron chi connectivity index (χ2n) is 7.79. The number of benzene rings is 1. The van der Waals surface area contributed by atoms with Gasteiger partial charge in [-0.2, -0.15) is 0 Å². The van der Waals surface area contributed by atoms with Crippen LogP contribution in [0.4, 0.5) is 0 Å². The Hall–Kier alpha value is -3.41. The summed E-state index contributed by atoms with van der Waals surface area (Å²) in [5.41, 5.74) is 4.71. The molecule has 6 nitrogen and oxygen atoms in total. The zero-order chi connectivity index (χ0) is 22.0. The lowest BCUT2D eigenvalue weighted by Gasteiger charge is -2.36. The van der Waals surface area contributed by atoms with Crippen LogP contribution in [-0.4, -0.2) is 30.5 Å². The molecule has 0 amide bonds. The molecule has 31 heavy (non-hydrogen) atoms. The fraction of sp³-hybridized carbons (Fsp3) is 0.320. The van der Waals surface area contributed by atoms with E-state index in [1.807, 2.05) is 43.3 Å². The first kappa shape index (κ1) is 20.8. The fourth-order valence-electron chi connectivity index (χ4n) is 4.52. The SMILES string of the molecule is CCOC(=O)C1=C(C)NC2=C(C(=O)CC(c3ccc(OC)cc3)C2)C1c1ccncc1. The Kier molecular flexibility index (Phi) is 5.89. The molecule has 0 spiro atoms. The monoisotopic (exact) mass is 418 g/mol. The first-order chi connectivity index (χ1) is 15.0. The number of ketones is 1. The van der Waals surface area contributed by atoms with Crippen molar-refractivity contribution in [3.63, 3.8) is 0 Å². The van der Waals surface area contributed by atoms with Gasteiger partial charge in [0.15, 0.2) is 5.78 Å². The Morgan fingerprint density at radius 1 is 1.10 bits per heavy atom. The Morgan fingerprint density at radius 3 is 2.45 bits per heavy atom. The van der Waals surface area contributed by atoms with Crippen LogP contribution in [-0.2, 0) is 14.3 Å². The predicted molar refractivity (Wildman–Crippen MR) is 116 cm³/mol. The molecule has 1 aromatic heterocycles. The number of pyridine rings is 1. The van der Waals surface area contributed by atoms with Crippen molar-refractivity contribution in [2.45, 2.75) is 38.5 Å². The molecule has 1 aliphatic heterocycles. The summed E-state index contributed by atoms with van der Waals surface area (Å²) in [4.78, 5) is 30.4. The van der Waals surface area contributed by atoms with Gasteiger partial charge in [0.25, 0.3) is 0 Å². The van der Waals surface area contributed by atoms with Gasteiger partial charge in [0.1, 0.15) is 5.75 Å². The molecule has 2 heterocycles. The first-order valence-electron chi connectivity index (χ1n) is 10.5. The molecule has 1 aliphatic carbocycles. The molecule has 1 aromatic carbocycles. The van der Waals surface area contributed by atoms with Gasteiger partial charge >= 0.3 is 5.97 Å². The summed E-state index contributed by atoms with van der Waals surface area (Å²) in [6.45, 7) is 3.92. The molecule has 2 atom stereocenters. The first-order valence-corrected chi connectivity index (χ1v) is 10.5. The highest BCUT2D eigenvalue weighted by molar-refractivity contribution is 6.04. The molecule has 4 rings (SSSR count). The molecule has 160 valence electrons. The number of nitrogens with one attached hydrogen (secondary N) is 1. The number of carbonyl (C=O) groups is 2. The number of ether oxygens (including phenoxy) is 2. The second kappa shape index (κ2) is 8.76. The van der Waals surface area contributed by atoms with Gasteiger partial charge in [-0.15, -0.1) is 0 Å². The average Bonchev–Trinajstić information content (AvgIpc) is 2.78. The van der Waals surface area contributed by atoms with E-state index >= 15 is 0 Å². The van der Waals surface area contributed by atoms with Crippen molar-refractivity contribution in [1.82, 2.24) is 10.3 Å². The molecule has 6 heteroatoms. The summed E-state index contributed by atoms with van der Waals surface area (Å²) < 4.78 is 10.6.